The van der Waals surface area contributed by atoms with Crippen molar-refractivity contribution in [2.45, 2.75) is 45.6 Å². The van der Waals surface area contributed by atoms with Crippen LogP contribution >= 0.6 is 11.8 Å². The first-order valence-electron chi connectivity index (χ1n) is 6.90. The Labute approximate surface area is 113 Å². The quantitative estimate of drug-likeness (QED) is 0.821. The monoisotopic (exact) mass is 269 g/mol. The van der Waals surface area contributed by atoms with E-state index in [1.807, 2.05) is 0 Å². The Morgan fingerprint density at radius 2 is 2.28 bits per heavy atom. The Morgan fingerprint density at radius 3 is 2.83 bits per heavy atom. The lowest BCUT2D eigenvalue weighted by Gasteiger charge is -2.34. The molecule has 0 radical (unpaired) electrons. The summed E-state index contributed by atoms with van der Waals surface area (Å²) in [4.78, 5) is 16.3. The van der Waals surface area contributed by atoms with Gasteiger partial charge in [-0.25, -0.2) is 0 Å². The third kappa shape index (κ3) is 2.99. The lowest BCUT2D eigenvalue weighted by molar-refractivity contribution is -0.124. The SMILES string of the molecule is CCC1(CC)CN=C(NC2CCCNC2=O)SC1. The molecule has 0 saturated carbocycles. The van der Waals surface area contributed by atoms with Gasteiger partial charge in [-0.1, -0.05) is 25.6 Å². The van der Waals surface area contributed by atoms with Crippen molar-refractivity contribution in [3.63, 3.8) is 0 Å². The molecule has 2 aliphatic rings. The number of thioether (sulfide) groups is 1. The van der Waals surface area contributed by atoms with Crippen LogP contribution in [0.3, 0.4) is 0 Å². The summed E-state index contributed by atoms with van der Waals surface area (Å²) in [5, 5.41) is 7.14. The Morgan fingerprint density at radius 1 is 1.50 bits per heavy atom. The molecule has 2 N–H and O–H groups in total. The second kappa shape index (κ2) is 5.95. The van der Waals surface area contributed by atoms with Crippen molar-refractivity contribution in [3.05, 3.63) is 0 Å². The molecule has 0 aliphatic carbocycles. The zero-order chi connectivity index (χ0) is 13.0. The first-order valence-corrected chi connectivity index (χ1v) is 7.89. The standard InChI is InChI=1S/C13H23N3OS/c1-3-13(4-2)8-15-12(18-9-13)16-10-6-5-7-14-11(10)17/h10H,3-9H2,1-2H3,(H,14,17)(H,15,16). The fraction of sp³-hybridized carbons (Fsp3) is 0.846. The smallest absolute Gasteiger partial charge is 0.242 e. The van der Waals surface area contributed by atoms with Crippen molar-refractivity contribution in [3.8, 4) is 0 Å². The van der Waals surface area contributed by atoms with Crippen molar-refractivity contribution in [1.82, 2.24) is 10.6 Å². The minimum absolute atomic E-state index is 0.0826. The van der Waals surface area contributed by atoms with Crippen molar-refractivity contribution >= 4 is 22.8 Å². The number of carbonyl (C=O) groups is 1. The maximum absolute atomic E-state index is 11.7. The molecule has 1 amide bonds. The third-order valence-corrected chi connectivity index (χ3v) is 5.43. The predicted octanol–water partition coefficient (Wildman–Crippen LogP) is 1.76. The molecule has 2 rings (SSSR count). The Hall–Kier alpha value is -0.710. The molecule has 4 nitrogen and oxygen atoms in total. The third-order valence-electron chi connectivity index (χ3n) is 4.16. The van der Waals surface area contributed by atoms with Crippen LogP contribution in [-0.4, -0.2) is 36.0 Å². The number of nitrogens with zero attached hydrogens (tertiary/aromatic N) is 1. The molecule has 18 heavy (non-hydrogen) atoms. The molecule has 1 saturated heterocycles. The minimum atomic E-state index is -0.0826. The van der Waals surface area contributed by atoms with Crippen LogP contribution in [0.1, 0.15) is 39.5 Å². The van der Waals surface area contributed by atoms with Crippen LogP contribution in [0.2, 0.25) is 0 Å². The molecule has 1 unspecified atom stereocenters. The largest absolute Gasteiger partial charge is 0.354 e. The summed E-state index contributed by atoms with van der Waals surface area (Å²) in [6, 6.07) is -0.0826. The highest BCUT2D eigenvalue weighted by Crippen LogP contribution is 2.34. The van der Waals surface area contributed by atoms with Gasteiger partial charge in [0.1, 0.15) is 6.04 Å². The fourth-order valence-electron chi connectivity index (χ4n) is 2.38. The second-order valence-electron chi connectivity index (χ2n) is 5.25. The van der Waals surface area contributed by atoms with Crippen LogP contribution in [0.4, 0.5) is 0 Å². The van der Waals surface area contributed by atoms with Gasteiger partial charge in [-0.2, -0.15) is 0 Å². The van der Waals surface area contributed by atoms with E-state index in [2.05, 4.69) is 29.5 Å². The van der Waals surface area contributed by atoms with Gasteiger partial charge in [0.2, 0.25) is 5.91 Å². The second-order valence-corrected chi connectivity index (χ2v) is 6.21. The van der Waals surface area contributed by atoms with E-state index in [-0.39, 0.29) is 11.9 Å². The number of hydrogen-bond acceptors (Lipinski definition) is 4. The molecular weight excluding hydrogens is 246 g/mol. The van der Waals surface area contributed by atoms with Gasteiger partial charge in [-0.15, -0.1) is 0 Å². The van der Waals surface area contributed by atoms with Crippen molar-refractivity contribution in [2.24, 2.45) is 10.4 Å². The molecule has 2 heterocycles. The highest BCUT2D eigenvalue weighted by atomic mass is 32.2. The number of aliphatic imine (C=N–C) groups is 1. The first-order chi connectivity index (χ1) is 8.69. The van der Waals surface area contributed by atoms with Crippen LogP contribution in [-0.2, 0) is 4.79 Å². The van der Waals surface area contributed by atoms with E-state index in [0.29, 0.717) is 5.41 Å². The van der Waals surface area contributed by atoms with Crippen LogP contribution in [0, 0.1) is 5.41 Å². The van der Waals surface area contributed by atoms with Gasteiger partial charge in [0.25, 0.3) is 0 Å². The Bertz CT molecular complexity index is 339. The van der Waals surface area contributed by atoms with E-state index in [1.54, 1.807) is 11.8 Å². The molecule has 0 bridgehead atoms. The van der Waals surface area contributed by atoms with Crippen molar-refractivity contribution in [2.75, 3.05) is 18.8 Å². The predicted molar refractivity (Wildman–Crippen MR) is 76.9 cm³/mol. The number of hydrogen-bond donors (Lipinski definition) is 2. The molecule has 0 spiro atoms. The highest BCUT2D eigenvalue weighted by molar-refractivity contribution is 8.13. The van der Waals surface area contributed by atoms with Gasteiger partial charge in [-0.05, 0) is 31.1 Å². The molecule has 0 aromatic heterocycles. The average Bonchev–Trinajstić information content (AvgIpc) is 2.43. The van der Waals surface area contributed by atoms with Crippen LogP contribution in [0.15, 0.2) is 4.99 Å². The molecule has 0 aromatic carbocycles. The topological polar surface area (TPSA) is 53.5 Å². The maximum atomic E-state index is 11.7. The van der Waals surface area contributed by atoms with Gasteiger partial charge in [0, 0.05) is 18.8 Å². The number of amidine groups is 1. The Balaban J connectivity index is 1.91. The average molecular weight is 269 g/mol. The summed E-state index contributed by atoms with van der Waals surface area (Å²) in [6.45, 7) is 6.19. The zero-order valence-corrected chi connectivity index (χ0v) is 12.1. The van der Waals surface area contributed by atoms with Gasteiger partial charge in [0.15, 0.2) is 5.17 Å². The van der Waals surface area contributed by atoms with E-state index >= 15 is 0 Å². The number of rotatable bonds is 3. The molecule has 1 atom stereocenters. The summed E-state index contributed by atoms with van der Waals surface area (Å²) in [6.07, 6.45) is 4.32. The first kappa shape index (κ1) is 13.7. The fourth-order valence-corrected chi connectivity index (χ4v) is 3.70. The summed E-state index contributed by atoms with van der Waals surface area (Å²) in [5.41, 5.74) is 0.366. The van der Waals surface area contributed by atoms with E-state index in [9.17, 15) is 4.79 Å². The Kier molecular flexibility index (Phi) is 4.54. The molecule has 2 aliphatic heterocycles. The number of nitrogens with one attached hydrogen (secondary N) is 2. The van der Waals surface area contributed by atoms with E-state index < -0.39 is 0 Å². The molecular formula is C13H23N3OS. The zero-order valence-electron chi connectivity index (χ0n) is 11.3. The normalized spacial score (nSPS) is 27.3. The van der Waals surface area contributed by atoms with E-state index in [0.717, 1.165) is 36.9 Å². The van der Waals surface area contributed by atoms with Gasteiger partial charge in [-0.3, -0.25) is 9.79 Å². The lowest BCUT2D eigenvalue weighted by Crippen LogP contribution is -2.50. The van der Waals surface area contributed by atoms with Gasteiger partial charge < -0.3 is 10.6 Å². The van der Waals surface area contributed by atoms with Crippen LogP contribution < -0.4 is 10.6 Å². The maximum Gasteiger partial charge on any atom is 0.242 e. The molecule has 1 fully saturated rings. The van der Waals surface area contributed by atoms with E-state index in [1.165, 1.54) is 12.8 Å². The highest BCUT2D eigenvalue weighted by Gasteiger charge is 2.31. The number of carbonyl (C=O) groups excluding carboxylic acids is 1. The van der Waals surface area contributed by atoms with Gasteiger partial charge in [0.05, 0.1) is 0 Å². The summed E-state index contributed by atoms with van der Waals surface area (Å²) in [5.74, 6) is 1.23. The van der Waals surface area contributed by atoms with E-state index in [4.69, 9.17) is 0 Å². The summed E-state index contributed by atoms with van der Waals surface area (Å²) in [7, 11) is 0. The number of amides is 1. The molecule has 102 valence electrons. The van der Waals surface area contributed by atoms with Crippen LogP contribution in [0.5, 0.6) is 0 Å². The summed E-state index contributed by atoms with van der Waals surface area (Å²) >= 11 is 1.77. The van der Waals surface area contributed by atoms with Crippen molar-refractivity contribution in [1.29, 1.82) is 0 Å². The number of piperidine rings is 1. The van der Waals surface area contributed by atoms with Crippen LogP contribution in [0.25, 0.3) is 0 Å². The molecule has 5 heteroatoms. The summed E-state index contributed by atoms with van der Waals surface area (Å²) < 4.78 is 0. The van der Waals surface area contributed by atoms with Gasteiger partial charge >= 0.3 is 0 Å². The minimum Gasteiger partial charge on any atom is -0.354 e. The lowest BCUT2D eigenvalue weighted by atomic mass is 9.84. The molecule has 0 aromatic rings. The van der Waals surface area contributed by atoms with Crippen molar-refractivity contribution < 1.29 is 4.79 Å².